The molecule has 2 saturated heterocycles. The third-order valence-electron chi connectivity index (χ3n) is 5.77. The first kappa shape index (κ1) is 22.5. The van der Waals surface area contributed by atoms with E-state index in [0.717, 1.165) is 45.3 Å². The van der Waals surface area contributed by atoms with Crippen LogP contribution in [0.25, 0.3) is 0 Å². The average Bonchev–Trinajstić information content (AvgIpc) is 3.01. The van der Waals surface area contributed by atoms with Crippen molar-refractivity contribution >= 4 is 27.5 Å². The van der Waals surface area contributed by atoms with Gasteiger partial charge in [-0.1, -0.05) is 30.9 Å². The zero-order chi connectivity index (χ0) is 20.7. The van der Waals surface area contributed by atoms with E-state index in [0.29, 0.717) is 19.6 Å². The second-order valence-electron chi connectivity index (χ2n) is 7.97. The number of carbonyl (C=O) groups is 1. The number of carbonyl (C=O) groups excluding carboxylic acids is 1. The van der Waals surface area contributed by atoms with Crippen LogP contribution in [0, 0.1) is 0 Å². The van der Waals surface area contributed by atoms with Crippen LogP contribution < -0.4 is 5.32 Å². The summed E-state index contributed by atoms with van der Waals surface area (Å²) in [4.78, 5) is 15.2. The van der Waals surface area contributed by atoms with Gasteiger partial charge in [0.15, 0.2) is 0 Å². The average molecular weight is 442 g/mol. The maximum absolute atomic E-state index is 12.9. The highest BCUT2D eigenvalue weighted by Crippen LogP contribution is 2.25. The van der Waals surface area contributed by atoms with Crippen LogP contribution in [-0.4, -0.2) is 62.8 Å². The fourth-order valence-corrected chi connectivity index (χ4v) is 5.80. The van der Waals surface area contributed by atoms with Gasteiger partial charge in [0.25, 0.3) is 5.91 Å². The van der Waals surface area contributed by atoms with E-state index in [1.807, 2.05) is 0 Å². The molecular weight excluding hydrogens is 410 g/mol. The van der Waals surface area contributed by atoms with Crippen LogP contribution in [-0.2, 0) is 10.0 Å². The van der Waals surface area contributed by atoms with Crippen LogP contribution in [0.2, 0.25) is 5.02 Å². The summed E-state index contributed by atoms with van der Waals surface area (Å²) in [6.45, 7) is 4.85. The van der Waals surface area contributed by atoms with E-state index >= 15 is 0 Å². The number of nitrogens with zero attached hydrogens (tertiary/aromatic N) is 2. The van der Waals surface area contributed by atoms with Crippen molar-refractivity contribution in [2.75, 3.05) is 39.3 Å². The summed E-state index contributed by atoms with van der Waals surface area (Å²) in [6, 6.07) is 4.41. The van der Waals surface area contributed by atoms with Gasteiger partial charge in [-0.05, 0) is 69.9 Å². The van der Waals surface area contributed by atoms with E-state index in [2.05, 4.69) is 10.2 Å². The first-order valence-electron chi connectivity index (χ1n) is 10.8. The largest absolute Gasteiger partial charge is 0.352 e. The third kappa shape index (κ3) is 6.17. The highest BCUT2D eigenvalue weighted by atomic mass is 35.5. The molecule has 1 aromatic rings. The number of likely N-dealkylation sites (tertiary alicyclic amines) is 1. The third-order valence-corrected chi connectivity index (χ3v) is 7.99. The van der Waals surface area contributed by atoms with E-state index < -0.39 is 10.0 Å². The molecule has 29 heavy (non-hydrogen) atoms. The molecule has 3 rings (SSSR count). The van der Waals surface area contributed by atoms with Crippen LogP contribution in [0.3, 0.4) is 0 Å². The Balaban J connectivity index is 1.57. The van der Waals surface area contributed by atoms with Gasteiger partial charge < -0.3 is 10.2 Å². The SMILES string of the molecule is O=C(NCCCN1CCCCCC1)c1cc(S(=O)(=O)N2CCCCC2)ccc1Cl. The molecule has 0 saturated carbocycles. The lowest BCUT2D eigenvalue weighted by Gasteiger charge is -2.26. The molecule has 162 valence electrons. The maximum atomic E-state index is 12.9. The molecule has 8 heteroatoms. The lowest BCUT2D eigenvalue weighted by Crippen LogP contribution is -2.35. The predicted octanol–water partition coefficient (Wildman–Crippen LogP) is 3.51. The Labute approximate surface area is 179 Å². The minimum Gasteiger partial charge on any atom is -0.352 e. The lowest BCUT2D eigenvalue weighted by molar-refractivity contribution is 0.0951. The van der Waals surface area contributed by atoms with Gasteiger partial charge in [0.2, 0.25) is 10.0 Å². The summed E-state index contributed by atoms with van der Waals surface area (Å²) in [5.74, 6) is -0.318. The predicted molar refractivity (Wildman–Crippen MR) is 116 cm³/mol. The highest BCUT2D eigenvalue weighted by molar-refractivity contribution is 7.89. The standard InChI is InChI=1S/C21H32ClN3O3S/c22-20-10-9-18(29(27,28)25-15-6-3-7-16-25)17-19(20)21(26)23-11-8-14-24-12-4-1-2-5-13-24/h9-10,17H,1-8,11-16H2,(H,23,26). The number of piperidine rings is 1. The molecule has 0 spiro atoms. The molecule has 1 N–H and O–H groups in total. The second-order valence-corrected chi connectivity index (χ2v) is 10.3. The molecule has 0 aliphatic carbocycles. The second kappa shape index (κ2) is 10.8. The quantitative estimate of drug-likeness (QED) is 0.657. The van der Waals surface area contributed by atoms with Gasteiger partial charge in [-0.3, -0.25) is 4.79 Å². The Morgan fingerprint density at radius 1 is 0.966 bits per heavy atom. The van der Waals surface area contributed by atoms with E-state index in [-0.39, 0.29) is 21.4 Å². The molecule has 0 radical (unpaired) electrons. The normalized spacial score (nSPS) is 19.6. The lowest BCUT2D eigenvalue weighted by atomic mass is 10.2. The molecule has 0 unspecified atom stereocenters. The van der Waals surface area contributed by atoms with Crippen molar-refractivity contribution in [2.24, 2.45) is 0 Å². The fraction of sp³-hybridized carbons (Fsp3) is 0.667. The van der Waals surface area contributed by atoms with Crippen molar-refractivity contribution in [3.05, 3.63) is 28.8 Å². The van der Waals surface area contributed by atoms with Crippen molar-refractivity contribution < 1.29 is 13.2 Å². The van der Waals surface area contributed by atoms with E-state index in [4.69, 9.17) is 11.6 Å². The number of hydrogen-bond acceptors (Lipinski definition) is 4. The number of nitrogens with one attached hydrogen (secondary N) is 1. The van der Waals surface area contributed by atoms with Crippen molar-refractivity contribution in [1.29, 1.82) is 0 Å². The molecule has 1 amide bonds. The summed E-state index contributed by atoms with van der Waals surface area (Å²) in [5.41, 5.74) is 0.222. The van der Waals surface area contributed by atoms with E-state index in [1.54, 1.807) is 0 Å². The van der Waals surface area contributed by atoms with Gasteiger partial charge in [-0.2, -0.15) is 4.31 Å². The minimum atomic E-state index is -3.59. The molecule has 0 atom stereocenters. The first-order valence-corrected chi connectivity index (χ1v) is 12.6. The number of rotatable bonds is 7. The van der Waals surface area contributed by atoms with Gasteiger partial charge in [0.1, 0.15) is 0 Å². The summed E-state index contributed by atoms with van der Waals surface area (Å²) in [5, 5.41) is 3.17. The van der Waals surface area contributed by atoms with Gasteiger partial charge in [0.05, 0.1) is 15.5 Å². The molecule has 0 aromatic heterocycles. The number of amides is 1. The Kier molecular flexibility index (Phi) is 8.35. The Bertz CT molecular complexity index is 786. The monoisotopic (exact) mass is 441 g/mol. The summed E-state index contributed by atoms with van der Waals surface area (Å²) < 4.78 is 27.3. The zero-order valence-electron chi connectivity index (χ0n) is 17.0. The molecule has 2 fully saturated rings. The van der Waals surface area contributed by atoms with E-state index in [9.17, 15) is 13.2 Å². The van der Waals surface area contributed by atoms with Gasteiger partial charge in [-0.15, -0.1) is 0 Å². The summed E-state index contributed by atoms with van der Waals surface area (Å²) in [7, 11) is -3.59. The Morgan fingerprint density at radius 2 is 1.59 bits per heavy atom. The Hall–Kier alpha value is -1.15. The smallest absolute Gasteiger partial charge is 0.252 e. The maximum Gasteiger partial charge on any atom is 0.252 e. The van der Waals surface area contributed by atoms with Crippen molar-refractivity contribution in [1.82, 2.24) is 14.5 Å². The molecule has 2 aliphatic heterocycles. The number of hydrogen-bond donors (Lipinski definition) is 1. The topological polar surface area (TPSA) is 69.7 Å². The first-order chi connectivity index (χ1) is 14.0. The van der Waals surface area contributed by atoms with Crippen LogP contribution >= 0.6 is 11.6 Å². The van der Waals surface area contributed by atoms with Crippen LogP contribution in [0.4, 0.5) is 0 Å². The van der Waals surface area contributed by atoms with Crippen molar-refractivity contribution in [3.63, 3.8) is 0 Å². The summed E-state index contributed by atoms with van der Waals surface area (Å²) in [6.07, 6.45) is 8.78. The molecule has 1 aromatic carbocycles. The molecule has 2 heterocycles. The zero-order valence-corrected chi connectivity index (χ0v) is 18.6. The molecule has 0 bridgehead atoms. The van der Waals surface area contributed by atoms with Crippen LogP contribution in [0.15, 0.2) is 23.1 Å². The Morgan fingerprint density at radius 3 is 2.28 bits per heavy atom. The number of halogens is 1. The van der Waals surface area contributed by atoms with E-state index in [1.165, 1.54) is 48.2 Å². The van der Waals surface area contributed by atoms with Crippen molar-refractivity contribution in [3.8, 4) is 0 Å². The van der Waals surface area contributed by atoms with Crippen LogP contribution in [0.5, 0.6) is 0 Å². The number of sulfonamides is 1. The molecule has 2 aliphatic rings. The minimum absolute atomic E-state index is 0.138. The van der Waals surface area contributed by atoms with Crippen LogP contribution in [0.1, 0.15) is 61.7 Å². The summed E-state index contributed by atoms with van der Waals surface area (Å²) >= 11 is 6.20. The van der Waals surface area contributed by atoms with Gasteiger partial charge in [-0.25, -0.2) is 8.42 Å². The van der Waals surface area contributed by atoms with Crippen molar-refractivity contribution in [2.45, 2.75) is 56.3 Å². The highest BCUT2D eigenvalue weighted by Gasteiger charge is 2.27. The van der Waals surface area contributed by atoms with Gasteiger partial charge >= 0.3 is 0 Å². The fourth-order valence-electron chi connectivity index (χ4n) is 4.05. The van der Waals surface area contributed by atoms with Gasteiger partial charge in [0, 0.05) is 19.6 Å². The number of benzene rings is 1. The molecular formula is C21H32ClN3O3S. The molecule has 6 nitrogen and oxygen atoms in total.